The molecule has 0 bridgehead atoms. The highest BCUT2D eigenvalue weighted by Gasteiger charge is 2.22. The molecule has 2 N–H and O–H groups in total. The van der Waals surface area contributed by atoms with Crippen LogP contribution in [0, 0.1) is 5.41 Å². The SMILES string of the molecule is CCN(CC(C)(C)CN)c1ncccc1OC(C)C. The predicted molar refractivity (Wildman–Crippen MR) is 80.7 cm³/mol. The Balaban J connectivity index is 2.98. The van der Waals surface area contributed by atoms with E-state index < -0.39 is 0 Å². The van der Waals surface area contributed by atoms with Gasteiger partial charge in [-0.25, -0.2) is 4.98 Å². The van der Waals surface area contributed by atoms with Crippen molar-refractivity contribution in [1.29, 1.82) is 0 Å². The fraction of sp³-hybridized carbons (Fsp3) is 0.667. The Hall–Kier alpha value is -1.29. The minimum Gasteiger partial charge on any atom is -0.487 e. The molecular formula is C15H27N3O. The molecule has 0 radical (unpaired) electrons. The molecular weight excluding hydrogens is 238 g/mol. The molecule has 0 aliphatic carbocycles. The molecule has 1 aromatic heterocycles. The van der Waals surface area contributed by atoms with E-state index in [0.717, 1.165) is 24.7 Å². The van der Waals surface area contributed by atoms with Crippen LogP contribution in [0.1, 0.15) is 34.6 Å². The first-order valence-corrected chi connectivity index (χ1v) is 6.96. The Morgan fingerprint density at radius 2 is 2.11 bits per heavy atom. The van der Waals surface area contributed by atoms with Crippen molar-refractivity contribution in [1.82, 2.24) is 4.98 Å². The lowest BCUT2D eigenvalue weighted by Gasteiger charge is -2.32. The summed E-state index contributed by atoms with van der Waals surface area (Å²) in [5.41, 5.74) is 5.89. The highest BCUT2D eigenvalue weighted by Crippen LogP contribution is 2.28. The van der Waals surface area contributed by atoms with Crippen molar-refractivity contribution in [2.45, 2.75) is 40.7 Å². The lowest BCUT2D eigenvalue weighted by Crippen LogP contribution is -2.39. The number of anilines is 1. The van der Waals surface area contributed by atoms with Gasteiger partial charge < -0.3 is 15.4 Å². The Morgan fingerprint density at radius 1 is 1.42 bits per heavy atom. The van der Waals surface area contributed by atoms with Crippen LogP contribution in [0.5, 0.6) is 5.75 Å². The maximum Gasteiger partial charge on any atom is 0.171 e. The summed E-state index contributed by atoms with van der Waals surface area (Å²) >= 11 is 0. The van der Waals surface area contributed by atoms with Gasteiger partial charge in [0.15, 0.2) is 11.6 Å². The van der Waals surface area contributed by atoms with Crippen LogP contribution in [0.4, 0.5) is 5.82 Å². The summed E-state index contributed by atoms with van der Waals surface area (Å²) in [5, 5.41) is 0. The number of aromatic nitrogens is 1. The van der Waals surface area contributed by atoms with Crippen LogP contribution in [-0.2, 0) is 0 Å². The summed E-state index contributed by atoms with van der Waals surface area (Å²) in [4.78, 5) is 6.71. The van der Waals surface area contributed by atoms with Crippen molar-refractivity contribution in [3.05, 3.63) is 18.3 Å². The van der Waals surface area contributed by atoms with Gasteiger partial charge in [0.25, 0.3) is 0 Å². The molecule has 1 rings (SSSR count). The standard InChI is InChI=1S/C15H27N3O/c1-6-18(11-15(4,5)10-16)14-13(19-12(2)3)8-7-9-17-14/h7-9,12H,6,10-11,16H2,1-5H3. The smallest absolute Gasteiger partial charge is 0.171 e. The predicted octanol–water partition coefficient (Wildman–Crippen LogP) is 2.68. The summed E-state index contributed by atoms with van der Waals surface area (Å²) in [6, 6.07) is 3.88. The number of nitrogens with two attached hydrogens (primary N) is 1. The summed E-state index contributed by atoms with van der Waals surface area (Å²) in [6.45, 7) is 12.9. The third kappa shape index (κ3) is 4.71. The summed E-state index contributed by atoms with van der Waals surface area (Å²) < 4.78 is 5.84. The van der Waals surface area contributed by atoms with E-state index in [9.17, 15) is 0 Å². The molecule has 0 aliphatic rings. The van der Waals surface area contributed by atoms with E-state index in [0.29, 0.717) is 6.54 Å². The van der Waals surface area contributed by atoms with E-state index in [1.54, 1.807) is 6.20 Å². The first kappa shape index (κ1) is 15.8. The molecule has 0 atom stereocenters. The molecule has 1 aromatic rings. The van der Waals surface area contributed by atoms with E-state index in [2.05, 4.69) is 30.7 Å². The number of hydrogen-bond donors (Lipinski definition) is 1. The zero-order chi connectivity index (χ0) is 14.5. The van der Waals surface area contributed by atoms with E-state index in [4.69, 9.17) is 10.5 Å². The molecule has 0 saturated heterocycles. The van der Waals surface area contributed by atoms with Crippen molar-refractivity contribution < 1.29 is 4.74 Å². The van der Waals surface area contributed by atoms with Crippen LogP contribution in [0.15, 0.2) is 18.3 Å². The summed E-state index contributed by atoms with van der Waals surface area (Å²) in [6.07, 6.45) is 1.95. The quantitative estimate of drug-likeness (QED) is 0.823. The Kier molecular flexibility index (Phi) is 5.60. The molecule has 4 nitrogen and oxygen atoms in total. The molecule has 108 valence electrons. The number of ether oxygens (including phenoxy) is 1. The molecule has 0 spiro atoms. The molecule has 0 aromatic carbocycles. The van der Waals surface area contributed by atoms with Crippen LogP contribution in [0.25, 0.3) is 0 Å². The van der Waals surface area contributed by atoms with Crippen molar-refractivity contribution in [2.24, 2.45) is 11.1 Å². The van der Waals surface area contributed by atoms with Gasteiger partial charge in [-0.15, -0.1) is 0 Å². The summed E-state index contributed by atoms with van der Waals surface area (Å²) in [5.74, 6) is 1.74. The third-order valence-corrected chi connectivity index (χ3v) is 2.97. The van der Waals surface area contributed by atoms with Crippen molar-refractivity contribution in [3.8, 4) is 5.75 Å². The molecule has 0 amide bonds. The number of nitrogens with zero attached hydrogens (tertiary/aromatic N) is 2. The first-order chi connectivity index (χ1) is 8.89. The van der Waals surface area contributed by atoms with Crippen LogP contribution >= 0.6 is 0 Å². The Morgan fingerprint density at radius 3 is 2.63 bits per heavy atom. The number of hydrogen-bond acceptors (Lipinski definition) is 4. The van der Waals surface area contributed by atoms with E-state index in [1.807, 2.05) is 26.0 Å². The number of rotatable bonds is 7. The van der Waals surface area contributed by atoms with Crippen LogP contribution < -0.4 is 15.4 Å². The summed E-state index contributed by atoms with van der Waals surface area (Å²) in [7, 11) is 0. The van der Waals surface area contributed by atoms with E-state index in [1.165, 1.54) is 0 Å². The van der Waals surface area contributed by atoms with Gasteiger partial charge in [-0.05, 0) is 44.9 Å². The van der Waals surface area contributed by atoms with Gasteiger partial charge in [0.2, 0.25) is 0 Å². The lowest BCUT2D eigenvalue weighted by molar-refractivity contribution is 0.241. The Labute approximate surface area is 117 Å². The van der Waals surface area contributed by atoms with Gasteiger partial charge in [-0.1, -0.05) is 13.8 Å². The third-order valence-electron chi connectivity index (χ3n) is 2.97. The fourth-order valence-electron chi connectivity index (χ4n) is 1.88. The van der Waals surface area contributed by atoms with Crippen LogP contribution in [0.3, 0.4) is 0 Å². The molecule has 0 unspecified atom stereocenters. The fourth-order valence-corrected chi connectivity index (χ4v) is 1.88. The van der Waals surface area contributed by atoms with Crippen molar-refractivity contribution in [3.63, 3.8) is 0 Å². The molecule has 4 heteroatoms. The van der Waals surface area contributed by atoms with Gasteiger partial charge in [-0.2, -0.15) is 0 Å². The van der Waals surface area contributed by atoms with Crippen molar-refractivity contribution in [2.75, 3.05) is 24.5 Å². The van der Waals surface area contributed by atoms with Crippen molar-refractivity contribution >= 4 is 5.82 Å². The van der Waals surface area contributed by atoms with Gasteiger partial charge in [-0.3, -0.25) is 0 Å². The first-order valence-electron chi connectivity index (χ1n) is 6.96. The van der Waals surface area contributed by atoms with Crippen LogP contribution in [0.2, 0.25) is 0 Å². The average Bonchev–Trinajstić information content (AvgIpc) is 2.36. The molecule has 19 heavy (non-hydrogen) atoms. The molecule has 0 aliphatic heterocycles. The minimum atomic E-state index is 0.0582. The van der Waals surface area contributed by atoms with Gasteiger partial charge in [0.1, 0.15) is 0 Å². The maximum absolute atomic E-state index is 5.84. The van der Waals surface area contributed by atoms with Crippen LogP contribution in [-0.4, -0.2) is 30.7 Å². The second kappa shape index (κ2) is 6.75. The zero-order valence-electron chi connectivity index (χ0n) is 12.8. The highest BCUT2D eigenvalue weighted by molar-refractivity contribution is 5.52. The van der Waals surface area contributed by atoms with Gasteiger partial charge >= 0.3 is 0 Å². The van der Waals surface area contributed by atoms with Gasteiger partial charge in [0, 0.05) is 19.3 Å². The second-order valence-electron chi connectivity index (χ2n) is 5.87. The normalized spacial score (nSPS) is 11.7. The Bertz CT molecular complexity index is 391. The van der Waals surface area contributed by atoms with E-state index >= 15 is 0 Å². The largest absolute Gasteiger partial charge is 0.487 e. The lowest BCUT2D eigenvalue weighted by atomic mass is 9.93. The second-order valence-corrected chi connectivity index (χ2v) is 5.87. The average molecular weight is 265 g/mol. The van der Waals surface area contributed by atoms with E-state index in [-0.39, 0.29) is 11.5 Å². The molecule has 1 heterocycles. The molecule has 0 saturated carbocycles. The highest BCUT2D eigenvalue weighted by atomic mass is 16.5. The maximum atomic E-state index is 5.84. The molecule has 0 fully saturated rings. The zero-order valence-corrected chi connectivity index (χ0v) is 12.8. The minimum absolute atomic E-state index is 0.0582. The topological polar surface area (TPSA) is 51.4 Å². The number of pyridine rings is 1. The monoisotopic (exact) mass is 265 g/mol. The van der Waals surface area contributed by atoms with Gasteiger partial charge in [0.05, 0.1) is 6.10 Å².